The van der Waals surface area contributed by atoms with Gasteiger partial charge in [-0.1, -0.05) is 47.5 Å². The summed E-state index contributed by atoms with van der Waals surface area (Å²) in [5, 5.41) is 22.8. The number of aliphatic carboxylic acids is 1. The van der Waals surface area contributed by atoms with Gasteiger partial charge in [-0.05, 0) is 18.2 Å². The molecule has 2 aromatic rings. The minimum atomic E-state index is -1.28. The third-order valence-electron chi connectivity index (χ3n) is 3.30. The monoisotopic (exact) mass is 357 g/mol. The summed E-state index contributed by atoms with van der Waals surface area (Å²) in [6, 6.07) is 8.89. The first-order valence-electron chi connectivity index (χ1n) is 6.73. The van der Waals surface area contributed by atoms with Crippen molar-refractivity contribution in [1.29, 1.82) is 0 Å². The van der Waals surface area contributed by atoms with E-state index in [2.05, 4.69) is 5.32 Å². The number of hydrogen-bond acceptors (Lipinski definition) is 3. The van der Waals surface area contributed by atoms with Crippen molar-refractivity contribution in [2.45, 2.75) is 12.1 Å². The van der Waals surface area contributed by atoms with Crippen molar-refractivity contribution in [3.8, 4) is 0 Å². The van der Waals surface area contributed by atoms with Crippen LogP contribution in [0.3, 0.4) is 0 Å². The average molecular weight is 358 g/mol. The molecule has 2 aromatic carbocycles. The maximum absolute atomic E-state index is 13.8. The van der Waals surface area contributed by atoms with Crippen LogP contribution in [0, 0.1) is 5.82 Å². The Balaban J connectivity index is 2.13. The van der Waals surface area contributed by atoms with Crippen LogP contribution in [0.2, 0.25) is 10.0 Å². The Bertz CT molecular complexity index is 711. The molecule has 7 heteroatoms. The predicted octanol–water partition coefficient (Wildman–Crippen LogP) is 3.58. The summed E-state index contributed by atoms with van der Waals surface area (Å²) in [6.07, 6.45) is -1.06. The first-order chi connectivity index (χ1) is 10.9. The normalized spacial score (nSPS) is 13.6. The number of aliphatic hydroxyl groups excluding tert-OH is 1. The molecule has 0 aliphatic rings. The lowest BCUT2D eigenvalue weighted by Gasteiger charge is -2.19. The van der Waals surface area contributed by atoms with Crippen LogP contribution in [0.25, 0.3) is 0 Å². The Hall–Kier alpha value is -1.66. The lowest BCUT2D eigenvalue weighted by molar-refractivity contribution is -0.139. The zero-order chi connectivity index (χ0) is 17.0. The molecule has 0 bridgehead atoms. The summed E-state index contributed by atoms with van der Waals surface area (Å²) in [7, 11) is 0. The SMILES string of the molecule is O=C(O)C(NCC(O)c1ccc(Cl)cc1Cl)c1ccccc1F. The highest BCUT2D eigenvalue weighted by Gasteiger charge is 2.24. The van der Waals surface area contributed by atoms with Crippen LogP contribution in [0.4, 0.5) is 4.39 Å². The first-order valence-corrected chi connectivity index (χ1v) is 7.49. The van der Waals surface area contributed by atoms with Crippen molar-refractivity contribution in [3.63, 3.8) is 0 Å². The minimum Gasteiger partial charge on any atom is -0.480 e. The van der Waals surface area contributed by atoms with Crippen LogP contribution in [-0.4, -0.2) is 22.7 Å². The number of carboxylic acids is 1. The Labute approximate surface area is 142 Å². The number of carboxylic acid groups (broad SMARTS) is 1. The molecule has 4 nitrogen and oxygen atoms in total. The smallest absolute Gasteiger partial charge is 0.325 e. The molecular formula is C16H14Cl2FNO3. The fourth-order valence-electron chi connectivity index (χ4n) is 2.15. The van der Waals surface area contributed by atoms with Gasteiger partial charge in [0, 0.05) is 27.7 Å². The number of halogens is 3. The summed E-state index contributed by atoms with van der Waals surface area (Å²) in [4.78, 5) is 11.4. The molecule has 0 saturated carbocycles. The molecule has 2 atom stereocenters. The highest BCUT2D eigenvalue weighted by molar-refractivity contribution is 6.35. The number of benzene rings is 2. The van der Waals surface area contributed by atoms with E-state index in [-0.39, 0.29) is 17.1 Å². The van der Waals surface area contributed by atoms with Gasteiger partial charge in [-0.25, -0.2) is 4.39 Å². The largest absolute Gasteiger partial charge is 0.480 e. The number of rotatable bonds is 6. The molecule has 0 amide bonds. The quantitative estimate of drug-likeness (QED) is 0.738. The molecule has 0 aliphatic heterocycles. The van der Waals surface area contributed by atoms with E-state index >= 15 is 0 Å². The van der Waals surface area contributed by atoms with Gasteiger partial charge in [-0.3, -0.25) is 10.1 Å². The zero-order valence-corrected chi connectivity index (χ0v) is 13.4. The van der Waals surface area contributed by atoms with Gasteiger partial charge in [0.2, 0.25) is 0 Å². The van der Waals surface area contributed by atoms with Gasteiger partial charge in [-0.15, -0.1) is 0 Å². The Morgan fingerprint density at radius 1 is 1.17 bits per heavy atom. The lowest BCUT2D eigenvalue weighted by atomic mass is 10.0. The van der Waals surface area contributed by atoms with E-state index in [1.165, 1.54) is 24.3 Å². The fourth-order valence-corrected chi connectivity index (χ4v) is 2.69. The molecule has 0 fully saturated rings. The molecule has 2 rings (SSSR count). The molecule has 3 N–H and O–H groups in total. The molecule has 0 radical (unpaired) electrons. The van der Waals surface area contributed by atoms with Gasteiger partial charge >= 0.3 is 5.97 Å². The predicted molar refractivity (Wildman–Crippen MR) is 86.2 cm³/mol. The molecule has 0 aromatic heterocycles. The molecule has 0 spiro atoms. The second kappa shape index (κ2) is 7.75. The van der Waals surface area contributed by atoms with Gasteiger partial charge in [0.1, 0.15) is 11.9 Å². The van der Waals surface area contributed by atoms with Crippen LogP contribution in [0.5, 0.6) is 0 Å². The van der Waals surface area contributed by atoms with Gasteiger partial charge in [0.15, 0.2) is 0 Å². The summed E-state index contributed by atoms with van der Waals surface area (Å²) in [5.74, 6) is -1.88. The lowest BCUT2D eigenvalue weighted by Crippen LogP contribution is -2.32. The maximum atomic E-state index is 13.8. The third-order valence-corrected chi connectivity index (χ3v) is 3.86. The number of hydrogen-bond donors (Lipinski definition) is 3. The minimum absolute atomic E-state index is 0.00518. The van der Waals surface area contributed by atoms with Crippen molar-refractivity contribution < 1.29 is 19.4 Å². The van der Waals surface area contributed by atoms with Crippen molar-refractivity contribution in [1.82, 2.24) is 5.32 Å². The Morgan fingerprint density at radius 2 is 1.87 bits per heavy atom. The fraction of sp³-hybridized carbons (Fsp3) is 0.188. The van der Waals surface area contributed by atoms with E-state index in [1.807, 2.05) is 0 Å². The van der Waals surface area contributed by atoms with Crippen LogP contribution < -0.4 is 5.32 Å². The van der Waals surface area contributed by atoms with Crippen molar-refractivity contribution in [2.75, 3.05) is 6.54 Å². The van der Waals surface area contributed by atoms with E-state index < -0.39 is 23.9 Å². The summed E-state index contributed by atoms with van der Waals surface area (Å²) >= 11 is 11.8. The van der Waals surface area contributed by atoms with Gasteiger partial charge in [-0.2, -0.15) is 0 Å². The highest BCUT2D eigenvalue weighted by Crippen LogP contribution is 2.26. The van der Waals surface area contributed by atoms with Gasteiger partial charge < -0.3 is 10.2 Å². The Kier molecular flexibility index (Phi) is 5.96. The second-order valence-corrected chi connectivity index (χ2v) is 5.73. The molecular weight excluding hydrogens is 344 g/mol. The van der Waals surface area contributed by atoms with Crippen LogP contribution in [0.15, 0.2) is 42.5 Å². The number of aliphatic hydroxyl groups is 1. The number of carbonyl (C=O) groups is 1. The van der Waals surface area contributed by atoms with E-state index in [1.54, 1.807) is 18.2 Å². The van der Waals surface area contributed by atoms with Crippen LogP contribution in [-0.2, 0) is 4.79 Å². The first kappa shape index (κ1) is 17.7. The summed E-state index contributed by atoms with van der Waals surface area (Å²) in [6.45, 7) is -0.118. The van der Waals surface area contributed by atoms with Crippen molar-refractivity contribution >= 4 is 29.2 Å². The summed E-state index contributed by atoms with van der Waals surface area (Å²) in [5.41, 5.74) is 0.399. The van der Waals surface area contributed by atoms with Crippen LogP contribution >= 0.6 is 23.2 Å². The zero-order valence-electron chi connectivity index (χ0n) is 11.8. The van der Waals surface area contributed by atoms with Crippen molar-refractivity contribution in [2.24, 2.45) is 0 Å². The average Bonchev–Trinajstić information content (AvgIpc) is 2.48. The molecule has 23 heavy (non-hydrogen) atoms. The number of nitrogens with one attached hydrogen (secondary N) is 1. The summed E-state index contributed by atoms with van der Waals surface area (Å²) < 4.78 is 13.8. The molecule has 122 valence electrons. The van der Waals surface area contributed by atoms with Crippen molar-refractivity contribution in [3.05, 3.63) is 69.5 Å². The molecule has 0 aliphatic carbocycles. The van der Waals surface area contributed by atoms with E-state index in [0.717, 1.165) is 0 Å². The highest BCUT2D eigenvalue weighted by atomic mass is 35.5. The van der Waals surface area contributed by atoms with Gasteiger partial charge in [0.25, 0.3) is 0 Å². The molecule has 2 unspecified atom stereocenters. The van der Waals surface area contributed by atoms with E-state index in [4.69, 9.17) is 23.2 Å². The molecule has 0 heterocycles. The third kappa shape index (κ3) is 4.42. The molecule has 0 saturated heterocycles. The maximum Gasteiger partial charge on any atom is 0.325 e. The van der Waals surface area contributed by atoms with Crippen LogP contribution in [0.1, 0.15) is 23.3 Å². The van der Waals surface area contributed by atoms with Gasteiger partial charge in [0.05, 0.1) is 6.10 Å². The second-order valence-electron chi connectivity index (χ2n) is 4.88. The Morgan fingerprint density at radius 3 is 2.48 bits per heavy atom. The standard InChI is InChI=1S/C16H14Cl2FNO3/c17-9-5-6-10(12(18)7-9)14(21)8-20-15(16(22)23)11-3-1-2-4-13(11)19/h1-7,14-15,20-21H,8H2,(H,22,23). The van der Waals surface area contributed by atoms with E-state index in [0.29, 0.717) is 10.6 Å². The topological polar surface area (TPSA) is 69.6 Å². The van der Waals surface area contributed by atoms with E-state index in [9.17, 15) is 19.4 Å².